The van der Waals surface area contributed by atoms with E-state index in [0.29, 0.717) is 5.56 Å². The van der Waals surface area contributed by atoms with E-state index >= 15 is 0 Å². The van der Waals surface area contributed by atoms with E-state index in [1.54, 1.807) is 0 Å². The summed E-state index contributed by atoms with van der Waals surface area (Å²) in [6, 6.07) is 167. The van der Waals surface area contributed by atoms with E-state index in [1.165, 1.54) is 110 Å². The van der Waals surface area contributed by atoms with Gasteiger partial charge in [0.2, 0.25) is 0 Å². The maximum atomic E-state index is 8.87. The molecule has 630 valence electrons. The van der Waals surface area contributed by atoms with Crippen LogP contribution in [0.3, 0.4) is 0 Å². The van der Waals surface area contributed by atoms with E-state index in [4.69, 9.17) is 20.1 Å². The summed E-state index contributed by atoms with van der Waals surface area (Å²) in [6.45, 7) is 0. The second-order valence-electron chi connectivity index (χ2n) is 34.5. The van der Waals surface area contributed by atoms with E-state index in [0.717, 1.165) is 143 Å². The zero-order valence-corrected chi connectivity index (χ0v) is 73.3. The summed E-state index contributed by atoms with van der Waals surface area (Å²) in [5.74, 6) is 0. The Bertz CT molecular complexity index is 9380. The van der Waals surface area contributed by atoms with Crippen LogP contribution in [0, 0.1) is 0 Å². The van der Waals surface area contributed by atoms with Gasteiger partial charge in [-0.05, 0) is 248 Å². The minimum atomic E-state index is -0.402. The first-order chi connectivity index (χ1) is 69.1. The normalized spacial score (nSPS) is 12.1. The highest BCUT2D eigenvalue weighted by Gasteiger charge is 2.27. The first-order valence-electron chi connectivity index (χ1n) is 48.4. The van der Waals surface area contributed by atoms with Gasteiger partial charge in [0.1, 0.15) is 33.5 Å². The molecule has 0 saturated heterocycles. The van der Waals surface area contributed by atoms with Gasteiger partial charge in [-0.1, -0.05) is 449 Å². The third-order valence-electron chi connectivity index (χ3n) is 26.9. The Balaban J connectivity index is 0.000000111. The maximum Gasteiger partial charge on any atom is 0.143 e. The lowest BCUT2D eigenvalue weighted by Gasteiger charge is -2.17. The lowest BCUT2D eigenvalue weighted by Crippen LogP contribution is -1.90. The molecule has 27 rings (SSSR count). The molecule has 0 radical (unpaired) electrons. The van der Waals surface area contributed by atoms with Crippen molar-refractivity contribution in [2.75, 3.05) is 0 Å². The van der Waals surface area contributed by atoms with E-state index in [9.17, 15) is 0 Å². The minimum Gasteiger partial charge on any atom is -0.456 e. The molecule has 0 saturated carbocycles. The number of fused-ring (bicyclic) bond motifs is 15. The highest BCUT2D eigenvalue weighted by molar-refractivity contribution is 6.27. The van der Waals surface area contributed by atoms with Crippen molar-refractivity contribution in [1.29, 1.82) is 0 Å². The van der Waals surface area contributed by atoms with Gasteiger partial charge in [0.25, 0.3) is 0 Å². The summed E-state index contributed by atoms with van der Waals surface area (Å²) < 4.78 is 62.9. The van der Waals surface area contributed by atoms with Crippen LogP contribution in [0.1, 0.15) is 6.85 Å². The summed E-state index contributed by atoms with van der Waals surface area (Å²) >= 11 is 0. The molecule has 0 unspecified atom stereocenters. The molecule has 3 nitrogen and oxygen atoms in total. The third-order valence-corrected chi connectivity index (χ3v) is 26.9. The SMILES string of the molecule is [2H]c1c([2H])c([2H])c(-c2c3ccccc3c(-c3ccc4oc5cc(-c6ccccc6)cc(-c6ccccc6)c5c4c3)c3ccccc23)c([2H])c1[2H].c1ccc(-c2c3ccccc3c(-c3ccc4oc5c(-c6ccccc6)ccc(-c6ccccc6)c5c4c3)c3ccccc23)cc1.c1ccc(-c2ccc3c(oc4ccc(-c5c6ccccc6c(-c6ccccc6)c6ccccc56)cc43)c2-c2ccccc2)cc1. The van der Waals surface area contributed by atoms with Gasteiger partial charge in [0.15, 0.2) is 0 Å². The topological polar surface area (TPSA) is 39.4 Å². The average Bonchev–Trinajstić information content (AvgIpc) is 0.871. The maximum absolute atomic E-state index is 8.87. The van der Waals surface area contributed by atoms with E-state index < -0.39 is 6.04 Å². The van der Waals surface area contributed by atoms with Crippen molar-refractivity contribution < 1.29 is 20.1 Å². The van der Waals surface area contributed by atoms with Gasteiger partial charge < -0.3 is 13.3 Å². The largest absolute Gasteiger partial charge is 0.456 e. The van der Waals surface area contributed by atoms with Crippen LogP contribution < -0.4 is 0 Å². The highest BCUT2D eigenvalue weighted by atomic mass is 16.3. The molecule has 0 amide bonds. The second-order valence-corrected chi connectivity index (χ2v) is 34.5. The summed E-state index contributed by atoms with van der Waals surface area (Å²) in [7, 11) is 0. The van der Waals surface area contributed by atoms with Gasteiger partial charge in [-0.15, -0.1) is 0 Å². The van der Waals surface area contributed by atoms with Crippen LogP contribution in [0.25, 0.3) is 264 Å². The Kier molecular flexibility index (Phi) is 18.6. The van der Waals surface area contributed by atoms with Crippen molar-refractivity contribution in [3.63, 3.8) is 0 Å². The molecule has 0 bridgehead atoms. The number of furan rings is 3. The zero-order chi connectivity index (χ0) is 93.6. The summed E-state index contributed by atoms with van der Waals surface area (Å²) in [6.07, 6.45) is 0. The average molecular weight is 1720 g/mol. The summed E-state index contributed by atoms with van der Waals surface area (Å²) in [4.78, 5) is 0. The van der Waals surface area contributed by atoms with Gasteiger partial charge in [-0.2, -0.15) is 0 Å². The van der Waals surface area contributed by atoms with Gasteiger partial charge >= 0.3 is 0 Å². The van der Waals surface area contributed by atoms with Crippen LogP contribution in [0.5, 0.6) is 0 Å². The summed E-state index contributed by atoms with van der Waals surface area (Å²) in [5.41, 5.74) is 31.5. The van der Waals surface area contributed by atoms with Gasteiger partial charge in [0, 0.05) is 43.4 Å². The molecule has 0 aliphatic carbocycles. The molecule has 0 atom stereocenters. The monoisotopic (exact) mass is 1720 g/mol. The quantitative estimate of drug-likeness (QED) is 0.114. The molecule has 0 fully saturated rings. The molecule has 0 aliphatic heterocycles. The van der Waals surface area contributed by atoms with Crippen molar-refractivity contribution in [1.82, 2.24) is 0 Å². The molecule has 27 aromatic rings. The second kappa shape index (κ2) is 33.9. The Morgan fingerprint density at radius 1 is 0.133 bits per heavy atom. The van der Waals surface area contributed by atoms with Gasteiger partial charge in [-0.25, -0.2) is 0 Å². The molecular weight excluding hydrogens is 1630 g/mol. The van der Waals surface area contributed by atoms with Gasteiger partial charge in [0.05, 0.1) is 6.85 Å². The highest BCUT2D eigenvalue weighted by Crippen LogP contribution is 2.53. The predicted molar refractivity (Wildman–Crippen MR) is 571 cm³/mol. The first-order valence-corrected chi connectivity index (χ1v) is 45.9. The molecule has 3 heterocycles. The fourth-order valence-corrected chi connectivity index (χ4v) is 21.0. The van der Waals surface area contributed by atoms with E-state index in [1.807, 2.05) is 66.7 Å². The predicted octanol–water partition coefficient (Wildman–Crippen LogP) is 37.7. The van der Waals surface area contributed by atoms with Crippen molar-refractivity contribution in [3.8, 4) is 134 Å². The molecule has 24 aromatic carbocycles. The molecule has 3 heteroatoms. The standard InChI is InChI=1S/3C44H28O/c1-4-14-29(15-5-1)33-25-26-34(30-16-6-2-7-17-30)44-43(33)39-28-32(24-27-40(39)45-44)42-37-22-12-10-20-35(37)41(31-18-8-3-9-19-31)36-21-11-13-23-38(36)42;1-4-14-29(15-5-1)33-25-26-38-39-28-32(24-27-40(39)45-44(38)43(33)31-18-8-3-9-19-31)42-36-22-12-10-20-34(36)41(30-16-6-2-7-17-30)35-21-11-13-23-37(35)42;1-4-14-29(15-5-1)33-27-38(30-16-6-2-7-17-30)44-39-26-32(24-25-40(39)45-41(44)28-33)43-36-22-12-10-20-34(36)42(31-18-8-3-9-19-31)35-21-11-13-23-37(35)43/h3*1-28H/i;;3D,8D,9D,18D,19D. The zero-order valence-electron chi connectivity index (χ0n) is 78.3. The molecule has 0 spiro atoms. The number of hydrogen-bond donors (Lipinski definition) is 0. The first kappa shape index (κ1) is 74.1. The number of hydrogen-bond acceptors (Lipinski definition) is 3. The fraction of sp³-hybridized carbons (Fsp3) is 0. The lowest BCUT2D eigenvalue weighted by molar-refractivity contribution is 0.669. The van der Waals surface area contributed by atoms with Gasteiger partial charge in [-0.3, -0.25) is 0 Å². The van der Waals surface area contributed by atoms with Crippen molar-refractivity contribution in [2.24, 2.45) is 0 Å². The fourth-order valence-electron chi connectivity index (χ4n) is 21.0. The number of rotatable bonds is 12. The van der Waals surface area contributed by atoms with Crippen molar-refractivity contribution >= 4 is 130 Å². The Morgan fingerprint density at radius 2 is 0.415 bits per heavy atom. The van der Waals surface area contributed by atoms with Crippen LogP contribution in [0.4, 0.5) is 0 Å². The molecule has 135 heavy (non-hydrogen) atoms. The van der Waals surface area contributed by atoms with Crippen molar-refractivity contribution in [3.05, 3.63) is 509 Å². The Labute approximate surface area is 788 Å². The Hall–Kier alpha value is -17.8. The van der Waals surface area contributed by atoms with E-state index in [-0.39, 0.29) is 29.7 Å². The van der Waals surface area contributed by atoms with Crippen LogP contribution in [-0.2, 0) is 0 Å². The molecule has 0 aliphatic rings. The van der Waals surface area contributed by atoms with Crippen LogP contribution >= 0.6 is 0 Å². The van der Waals surface area contributed by atoms with Crippen molar-refractivity contribution in [2.45, 2.75) is 0 Å². The van der Waals surface area contributed by atoms with Crippen LogP contribution in [0.15, 0.2) is 523 Å². The minimum absolute atomic E-state index is 0.202. The lowest BCUT2D eigenvalue weighted by atomic mass is 9.85. The Morgan fingerprint density at radius 3 is 0.815 bits per heavy atom. The van der Waals surface area contributed by atoms with E-state index in [2.05, 4.69) is 413 Å². The number of benzene rings is 24. The summed E-state index contributed by atoms with van der Waals surface area (Å²) in [5, 5.41) is 20.1. The molecular formula is C132H84O3. The van der Waals surface area contributed by atoms with Crippen LogP contribution in [-0.4, -0.2) is 0 Å². The third kappa shape index (κ3) is 14.0. The van der Waals surface area contributed by atoms with Crippen LogP contribution in [0.2, 0.25) is 0 Å². The smallest absolute Gasteiger partial charge is 0.143 e. The molecule has 0 N–H and O–H groups in total. The molecule has 3 aromatic heterocycles.